The van der Waals surface area contributed by atoms with E-state index in [4.69, 9.17) is 5.26 Å². The molecule has 0 atom stereocenters. The molecule has 6 nitrogen and oxygen atoms in total. The lowest BCUT2D eigenvalue weighted by molar-refractivity contribution is -0.114. The number of nitrogens with one attached hydrogen (secondary N) is 1. The first kappa shape index (κ1) is 17.4. The quantitative estimate of drug-likeness (QED) is 0.897. The summed E-state index contributed by atoms with van der Waals surface area (Å²) in [6.07, 6.45) is 0.958. The van der Waals surface area contributed by atoms with Crippen molar-refractivity contribution in [2.75, 3.05) is 22.4 Å². The monoisotopic (exact) mass is 347 g/mol. The minimum atomic E-state index is -3.73. The van der Waals surface area contributed by atoms with Gasteiger partial charge in [0.05, 0.1) is 23.6 Å². The van der Waals surface area contributed by atoms with Crippen LogP contribution in [0.2, 0.25) is 0 Å². The van der Waals surface area contributed by atoms with Crippen molar-refractivity contribution >= 4 is 27.3 Å². The van der Waals surface area contributed by atoms with Crippen LogP contribution in [0, 0.1) is 17.1 Å². The van der Waals surface area contributed by atoms with Crippen LogP contribution in [0.4, 0.5) is 15.8 Å². The average molecular weight is 347 g/mol. The van der Waals surface area contributed by atoms with Gasteiger partial charge in [0.2, 0.25) is 15.9 Å². The summed E-state index contributed by atoms with van der Waals surface area (Å²) in [5.74, 6) is -1.09. The first-order valence-electron chi connectivity index (χ1n) is 6.83. The third kappa shape index (κ3) is 4.54. The Labute approximate surface area is 139 Å². The van der Waals surface area contributed by atoms with Gasteiger partial charge in [0, 0.05) is 5.69 Å². The van der Waals surface area contributed by atoms with Gasteiger partial charge in [-0.2, -0.15) is 5.26 Å². The fourth-order valence-corrected chi connectivity index (χ4v) is 2.86. The van der Waals surface area contributed by atoms with Gasteiger partial charge in [-0.3, -0.25) is 9.10 Å². The van der Waals surface area contributed by atoms with E-state index in [0.717, 1.165) is 22.7 Å². The van der Waals surface area contributed by atoms with Crippen molar-refractivity contribution < 1.29 is 17.6 Å². The second-order valence-electron chi connectivity index (χ2n) is 4.99. The van der Waals surface area contributed by atoms with E-state index in [-0.39, 0.29) is 5.69 Å². The van der Waals surface area contributed by atoms with E-state index >= 15 is 0 Å². The maximum Gasteiger partial charge on any atom is 0.245 e. The van der Waals surface area contributed by atoms with Gasteiger partial charge in [-0.25, -0.2) is 12.8 Å². The lowest BCUT2D eigenvalue weighted by Crippen LogP contribution is -2.37. The molecule has 8 heteroatoms. The third-order valence-corrected chi connectivity index (χ3v) is 4.22. The van der Waals surface area contributed by atoms with Gasteiger partial charge in [0.1, 0.15) is 12.4 Å². The van der Waals surface area contributed by atoms with Crippen LogP contribution in [0.25, 0.3) is 0 Å². The van der Waals surface area contributed by atoms with Crippen LogP contribution in [-0.4, -0.2) is 27.1 Å². The Morgan fingerprint density at radius 3 is 2.50 bits per heavy atom. The molecule has 0 bridgehead atoms. The lowest BCUT2D eigenvalue weighted by Gasteiger charge is -2.21. The molecule has 124 valence electrons. The molecule has 1 N–H and O–H groups in total. The van der Waals surface area contributed by atoms with Gasteiger partial charge in [0.15, 0.2) is 0 Å². The van der Waals surface area contributed by atoms with E-state index in [9.17, 15) is 17.6 Å². The summed E-state index contributed by atoms with van der Waals surface area (Å²) in [5, 5.41) is 11.4. The molecular formula is C16H14FN3O3S. The zero-order chi connectivity index (χ0) is 17.7. The number of benzene rings is 2. The summed E-state index contributed by atoms with van der Waals surface area (Å²) < 4.78 is 37.7. The maximum absolute atomic E-state index is 13.0. The number of nitriles is 1. The average Bonchev–Trinajstić information content (AvgIpc) is 2.53. The van der Waals surface area contributed by atoms with Gasteiger partial charge in [-0.1, -0.05) is 6.07 Å². The zero-order valence-corrected chi connectivity index (χ0v) is 13.5. The van der Waals surface area contributed by atoms with Crippen molar-refractivity contribution in [3.8, 4) is 6.07 Å². The number of halogens is 1. The normalized spacial score (nSPS) is 10.7. The van der Waals surface area contributed by atoms with Crippen LogP contribution in [-0.2, 0) is 14.8 Å². The molecule has 2 rings (SSSR count). The van der Waals surface area contributed by atoms with Gasteiger partial charge < -0.3 is 5.32 Å². The van der Waals surface area contributed by atoms with Crippen LogP contribution in [0.15, 0.2) is 48.5 Å². The Balaban J connectivity index is 2.19. The molecule has 0 aliphatic heterocycles. The van der Waals surface area contributed by atoms with E-state index in [1.807, 2.05) is 6.07 Å². The number of sulfonamides is 1. The minimum Gasteiger partial charge on any atom is -0.324 e. The molecule has 0 heterocycles. The summed E-state index contributed by atoms with van der Waals surface area (Å²) in [6, 6.07) is 13.0. The van der Waals surface area contributed by atoms with E-state index in [1.165, 1.54) is 18.2 Å². The highest BCUT2D eigenvalue weighted by atomic mass is 32.2. The van der Waals surface area contributed by atoms with Gasteiger partial charge in [-0.15, -0.1) is 0 Å². The molecule has 0 aliphatic carbocycles. The van der Waals surface area contributed by atoms with E-state index in [2.05, 4.69) is 5.32 Å². The summed E-state index contributed by atoms with van der Waals surface area (Å²) >= 11 is 0. The number of carbonyl (C=O) groups is 1. The SMILES string of the molecule is CS(=O)(=O)N(CC(=O)Nc1cccc(C#N)c1)c1ccc(F)cc1. The molecule has 0 saturated heterocycles. The van der Waals surface area contributed by atoms with E-state index in [1.54, 1.807) is 18.2 Å². The summed E-state index contributed by atoms with van der Waals surface area (Å²) in [5.41, 5.74) is 0.928. The van der Waals surface area contributed by atoms with Crippen LogP contribution < -0.4 is 9.62 Å². The summed E-state index contributed by atoms with van der Waals surface area (Å²) in [7, 11) is -3.73. The van der Waals surface area contributed by atoms with Crippen LogP contribution in [0.5, 0.6) is 0 Å². The molecule has 0 saturated carbocycles. The Bertz CT molecular complexity index is 890. The molecule has 0 unspecified atom stereocenters. The Hall–Kier alpha value is -2.92. The van der Waals surface area contributed by atoms with Crippen LogP contribution in [0.1, 0.15) is 5.56 Å². The van der Waals surface area contributed by atoms with E-state index in [0.29, 0.717) is 11.3 Å². The summed E-state index contributed by atoms with van der Waals surface area (Å²) in [4.78, 5) is 12.1. The molecule has 0 aliphatic rings. The Morgan fingerprint density at radius 2 is 1.92 bits per heavy atom. The van der Waals surface area contributed by atoms with Crippen LogP contribution in [0.3, 0.4) is 0 Å². The van der Waals surface area contributed by atoms with Gasteiger partial charge in [-0.05, 0) is 42.5 Å². The minimum absolute atomic E-state index is 0.180. The maximum atomic E-state index is 13.0. The number of hydrogen-bond donors (Lipinski definition) is 1. The lowest BCUT2D eigenvalue weighted by atomic mass is 10.2. The summed E-state index contributed by atoms with van der Waals surface area (Å²) in [6.45, 7) is -0.471. The largest absolute Gasteiger partial charge is 0.324 e. The number of carbonyl (C=O) groups excluding carboxylic acids is 1. The molecule has 0 fully saturated rings. The first-order valence-corrected chi connectivity index (χ1v) is 8.68. The van der Waals surface area contributed by atoms with Crippen molar-refractivity contribution in [1.82, 2.24) is 0 Å². The Kier molecular flexibility index (Phi) is 5.16. The molecule has 2 aromatic carbocycles. The van der Waals surface area contributed by atoms with Crippen molar-refractivity contribution in [1.29, 1.82) is 5.26 Å². The molecule has 0 spiro atoms. The van der Waals surface area contributed by atoms with Crippen molar-refractivity contribution in [3.63, 3.8) is 0 Å². The third-order valence-electron chi connectivity index (χ3n) is 3.08. The number of hydrogen-bond acceptors (Lipinski definition) is 4. The topological polar surface area (TPSA) is 90.3 Å². The standard InChI is InChI=1S/C16H14FN3O3S/c1-24(22,23)20(15-7-5-13(17)6-8-15)11-16(21)19-14-4-2-3-12(9-14)10-18/h2-9H,11H2,1H3,(H,19,21). The Morgan fingerprint density at radius 1 is 1.25 bits per heavy atom. The molecule has 0 radical (unpaired) electrons. The number of anilines is 2. The molecule has 0 aromatic heterocycles. The fourth-order valence-electron chi connectivity index (χ4n) is 2.00. The van der Waals surface area contributed by atoms with Crippen LogP contribution >= 0.6 is 0 Å². The molecule has 2 aromatic rings. The van der Waals surface area contributed by atoms with Crippen molar-refractivity contribution in [3.05, 3.63) is 59.9 Å². The first-order chi connectivity index (χ1) is 11.3. The number of nitrogens with zero attached hydrogens (tertiary/aromatic N) is 2. The second-order valence-corrected chi connectivity index (χ2v) is 6.89. The van der Waals surface area contributed by atoms with E-state index < -0.39 is 28.3 Å². The molecule has 24 heavy (non-hydrogen) atoms. The molecular weight excluding hydrogens is 333 g/mol. The second kappa shape index (κ2) is 7.10. The highest BCUT2D eigenvalue weighted by Gasteiger charge is 2.21. The predicted octanol–water partition coefficient (Wildman–Crippen LogP) is 2.10. The van der Waals surface area contributed by atoms with Gasteiger partial charge >= 0.3 is 0 Å². The predicted molar refractivity (Wildman–Crippen MR) is 88.4 cm³/mol. The van der Waals surface area contributed by atoms with Gasteiger partial charge in [0.25, 0.3) is 0 Å². The fraction of sp³-hybridized carbons (Fsp3) is 0.125. The smallest absolute Gasteiger partial charge is 0.245 e. The zero-order valence-electron chi connectivity index (χ0n) is 12.7. The highest BCUT2D eigenvalue weighted by molar-refractivity contribution is 7.92. The van der Waals surface area contributed by atoms with Crippen molar-refractivity contribution in [2.45, 2.75) is 0 Å². The number of amides is 1. The molecule has 1 amide bonds. The van der Waals surface area contributed by atoms with Crippen molar-refractivity contribution in [2.24, 2.45) is 0 Å². The highest BCUT2D eigenvalue weighted by Crippen LogP contribution is 2.18. The number of rotatable bonds is 5.